The largest absolute Gasteiger partial charge is 0.458 e. The van der Waals surface area contributed by atoms with E-state index in [4.69, 9.17) is 24.7 Å². The maximum absolute atomic E-state index is 12.5. The summed E-state index contributed by atoms with van der Waals surface area (Å²) in [4.78, 5) is 27.0. The van der Waals surface area contributed by atoms with Gasteiger partial charge in [0, 0.05) is 29.4 Å². The Morgan fingerprint density at radius 2 is 1.14 bits per heavy atom. The van der Waals surface area contributed by atoms with Gasteiger partial charge in [0.05, 0.1) is 36.3 Å². The zero-order valence-electron chi connectivity index (χ0n) is 59.3. The van der Waals surface area contributed by atoms with Gasteiger partial charge in [-0.25, -0.2) is 9.59 Å². The highest BCUT2D eigenvalue weighted by Gasteiger charge is 2.54. The molecule has 7 aliphatic rings. The standard InChI is InChI=1S/C34H44O4.C25H31BrO2.C21H42O2Si2.FH/c1-20(18-30-31(23(4)33(37)38-30)25-10-7-6-8-11-25)27-15-16-28-24(12-9-17-34(27,28)5)13-14-26-19-29(35)22(3)32(36)21(26)2;1-16(20-11-12-21-19(15-26)10-7-13-25(20,21)3)14-22-23(17(2)24(27)28-22)18-8-5-4-6-9-18;1-14-16-19(23-25(12,13)21(7,8)9)17(3)18(15-2)22-24(10,11)20(4,5)6;/h6-8,10-11,13-14,20,22,27-32,35-36H,2,4,9,12,15-19H2,1,3,5H3;4-6,8-9,15-16,20-23H,2,7,10-14H2,1,3H3;1,15,17-19H,2,16H2,3-13H3;1H/b24-13+,26-14-;19-15+;;/t20-,22+,27-,28+,29-,30-,31-,32-,34-;16-,20-,21+,22-,23-,25-;17-,18-,19-;/m111./s1. The molecular formula is C80H118BrFO8Si2. The molecule has 2 aromatic carbocycles. The first-order chi connectivity index (χ1) is 42.6. The van der Waals surface area contributed by atoms with Crippen molar-refractivity contribution in [3.05, 3.63) is 155 Å². The molecule has 2 aliphatic heterocycles. The summed E-state index contributed by atoms with van der Waals surface area (Å²) in [7, 11) is -3.78. The SMILES string of the molecule is C#CC[C@@H](O[Si](C)(C)C(C)(C)C)[C@H](C)[C@@H](C=C)O[Si](C)(C)C(C)(C)C.C=C1/C(=C\C=C2/CCC[C@]3(C)[C@@H]([C@H](C)C[C@H]4OC(=O)C(=C)[C@@H]4c4ccccc4)CC[C@@H]23)C[C@@H](O)[C@H](C)[C@@H]1O.C=C1C(=O)O[C@H](C[C@@H](C)[C@H]2CC[C@H]3/C(=C/Br)CCC[C@]23C)[C@H]1c1ccccc1.F. The van der Waals surface area contributed by atoms with Crippen LogP contribution in [0.2, 0.25) is 36.3 Å². The van der Waals surface area contributed by atoms with E-state index in [1.807, 2.05) is 49.4 Å². The third-order valence-electron chi connectivity index (χ3n) is 24.6. The molecule has 5 aliphatic carbocycles. The van der Waals surface area contributed by atoms with E-state index in [0.29, 0.717) is 64.9 Å². The fourth-order valence-electron chi connectivity index (χ4n) is 17.0. The van der Waals surface area contributed by atoms with Crippen LogP contribution in [0, 0.1) is 70.5 Å². The van der Waals surface area contributed by atoms with Gasteiger partial charge in [0.1, 0.15) is 12.2 Å². The van der Waals surface area contributed by atoms with E-state index >= 15 is 0 Å². The van der Waals surface area contributed by atoms with E-state index in [0.717, 1.165) is 41.5 Å². The van der Waals surface area contributed by atoms with E-state index in [2.05, 4.69) is 192 Å². The number of allylic oxidation sites excluding steroid dienone is 4. The molecule has 18 atom stereocenters. The van der Waals surface area contributed by atoms with Gasteiger partial charge in [0.2, 0.25) is 0 Å². The summed E-state index contributed by atoms with van der Waals surface area (Å²) in [5.74, 6) is 5.72. The molecule has 8 nitrogen and oxygen atoms in total. The van der Waals surface area contributed by atoms with Crippen LogP contribution in [0.4, 0.5) is 4.70 Å². The van der Waals surface area contributed by atoms with Crippen molar-refractivity contribution in [2.75, 3.05) is 0 Å². The number of hydrogen-bond donors (Lipinski definition) is 2. The maximum Gasteiger partial charge on any atom is 0.334 e. The van der Waals surface area contributed by atoms with Crippen molar-refractivity contribution in [3.63, 3.8) is 0 Å². The quantitative estimate of drug-likeness (QED) is 0.0530. The Labute approximate surface area is 566 Å². The smallest absolute Gasteiger partial charge is 0.334 e. The summed E-state index contributed by atoms with van der Waals surface area (Å²) >= 11 is 3.62. The monoisotopic (exact) mass is 1360 g/mol. The number of fused-ring (bicyclic) bond motifs is 2. The summed E-state index contributed by atoms with van der Waals surface area (Å²) in [6, 6.07) is 20.5. The molecule has 9 rings (SSSR count). The van der Waals surface area contributed by atoms with E-state index < -0.39 is 28.8 Å². The van der Waals surface area contributed by atoms with Gasteiger partial charge in [0.25, 0.3) is 0 Å². The number of rotatable bonds is 17. The maximum atomic E-state index is 12.5. The van der Waals surface area contributed by atoms with Gasteiger partial charge in [0.15, 0.2) is 16.6 Å². The Kier molecular flexibility index (Phi) is 26.2. The van der Waals surface area contributed by atoms with Gasteiger partial charge in [-0.1, -0.05) is 209 Å². The zero-order chi connectivity index (χ0) is 67.3. The first-order valence-electron chi connectivity index (χ1n) is 34.6. The number of esters is 2. The number of carbonyl (C=O) groups is 2. The van der Waals surface area contributed by atoms with Crippen molar-refractivity contribution in [2.45, 2.75) is 258 Å². The first kappa shape index (κ1) is 76.8. The summed E-state index contributed by atoms with van der Waals surface area (Å²) in [5.41, 5.74) is 8.87. The van der Waals surface area contributed by atoms with Gasteiger partial charge in [-0.3, -0.25) is 4.70 Å². The Bertz CT molecular complexity index is 3040. The summed E-state index contributed by atoms with van der Waals surface area (Å²) < 4.78 is 25.0. The predicted molar refractivity (Wildman–Crippen MR) is 388 cm³/mol. The van der Waals surface area contributed by atoms with Crippen LogP contribution in [0.5, 0.6) is 0 Å². The van der Waals surface area contributed by atoms with Crippen molar-refractivity contribution < 1.29 is 42.8 Å². The molecule has 2 aromatic rings. The van der Waals surface area contributed by atoms with Gasteiger partial charge in [-0.15, -0.1) is 18.9 Å². The second-order valence-corrected chi connectivity index (χ2v) is 42.3. The van der Waals surface area contributed by atoms with E-state index in [-0.39, 0.29) is 80.2 Å². The second-order valence-electron chi connectivity index (χ2n) is 32.3. The van der Waals surface area contributed by atoms with Crippen LogP contribution in [0.1, 0.15) is 196 Å². The van der Waals surface area contributed by atoms with Gasteiger partial charge in [-0.05, 0) is 193 Å². The van der Waals surface area contributed by atoms with Crippen molar-refractivity contribution in [2.24, 2.45) is 58.2 Å². The third kappa shape index (κ3) is 16.8. The molecular weight excluding hydrogens is 1240 g/mol. The zero-order valence-corrected chi connectivity index (χ0v) is 62.8. The molecule has 508 valence electrons. The molecule has 7 fully saturated rings. The summed E-state index contributed by atoms with van der Waals surface area (Å²) in [5, 5.41) is 21.2. The lowest BCUT2D eigenvalue weighted by Gasteiger charge is -2.45. The number of hydrogen-bond acceptors (Lipinski definition) is 8. The van der Waals surface area contributed by atoms with E-state index in [1.165, 1.54) is 63.4 Å². The number of terminal acetylenes is 1. The lowest BCUT2D eigenvalue weighted by atomic mass is 9.60. The fraction of sp³-hybridized carbons (Fsp3) is 0.625. The number of halogens is 2. The minimum absolute atomic E-state index is 0. The predicted octanol–water partition coefficient (Wildman–Crippen LogP) is 20.2. The minimum atomic E-state index is -1.90. The van der Waals surface area contributed by atoms with E-state index in [9.17, 15) is 19.8 Å². The first-order valence-corrected chi connectivity index (χ1v) is 41.4. The highest BCUT2D eigenvalue weighted by Crippen LogP contribution is 2.62. The van der Waals surface area contributed by atoms with Crippen LogP contribution in [-0.4, -0.2) is 75.4 Å². The van der Waals surface area contributed by atoms with Crippen molar-refractivity contribution >= 4 is 44.5 Å². The molecule has 0 radical (unpaired) electrons. The molecule has 0 unspecified atom stereocenters. The lowest BCUT2D eigenvalue weighted by molar-refractivity contribution is -0.140. The number of carbonyl (C=O) groups excluding carboxylic acids is 2. The number of benzene rings is 2. The molecule has 0 amide bonds. The van der Waals surface area contributed by atoms with Crippen LogP contribution in [0.15, 0.2) is 144 Å². The molecule has 5 saturated carbocycles. The average molecular weight is 1360 g/mol. The highest BCUT2D eigenvalue weighted by atomic mass is 79.9. The molecule has 12 heteroatoms. The van der Waals surface area contributed by atoms with Crippen molar-refractivity contribution in [3.8, 4) is 12.3 Å². The third-order valence-corrected chi connectivity index (χ3v) is 34.2. The van der Waals surface area contributed by atoms with Crippen LogP contribution in [0.25, 0.3) is 0 Å². The Morgan fingerprint density at radius 1 is 0.707 bits per heavy atom. The minimum Gasteiger partial charge on any atom is -0.458 e. The molecule has 2 heterocycles. The van der Waals surface area contributed by atoms with Gasteiger partial charge >= 0.3 is 11.9 Å². The fourth-order valence-corrected chi connectivity index (χ4v) is 20.3. The van der Waals surface area contributed by atoms with Crippen molar-refractivity contribution in [1.82, 2.24) is 0 Å². The summed E-state index contributed by atoms with van der Waals surface area (Å²) in [6.07, 6.45) is 25.7. The Hall–Kier alpha value is -4.20. The van der Waals surface area contributed by atoms with Gasteiger partial charge in [-0.2, -0.15) is 0 Å². The number of aliphatic hydroxyl groups is 2. The summed E-state index contributed by atoms with van der Waals surface area (Å²) in [6.45, 7) is 52.8. The topological polar surface area (TPSA) is 112 Å². The van der Waals surface area contributed by atoms with Gasteiger partial charge < -0.3 is 28.5 Å². The van der Waals surface area contributed by atoms with Crippen LogP contribution in [0.3, 0.4) is 0 Å². The molecule has 2 N–H and O–H groups in total. The van der Waals surface area contributed by atoms with Crippen LogP contribution in [-0.2, 0) is 27.9 Å². The van der Waals surface area contributed by atoms with E-state index in [1.54, 1.807) is 5.57 Å². The number of ether oxygens (including phenoxy) is 2. The average Bonchev–Trinajstić information content (AvgIpc) is 1.59. The molecule has 0 spiro atoms. The number of aliphatic hydroxyl groups excluding tert-OH is 2. The molecule has 0 aromatic heterocycles. The van der Waals surface area contributed by atoms with Crippen molar-refractivity contribution in [1.29, 1.82) is 0 Å². The molecule has 2 saturated heterocycles. The molecule has 92 heavy (non-hydrogen) atoms. The Morgan fingerprint density at radius 3 is 1.57 bits per heavy atom. The second kappa shape index (κ2) is 31.3. The van der Waals surface area contributed by atoms with Crippen LogP contribution < -0.4 is 0 Å². The normalized spacial score (nSPS) is 33.0. The van der Waals surface area contributed by atoms with Crippen LogP contribution >= 0.6 is 15.9 Å². The lowest BCUT2D eigenvalue weighted by Crippen LogP contribution is -2.50. The Balaban J connectivity index is 0.000000225. The highest BCUT2D eigenvalue weighted by molar-refractivity contribution is 9.11. The number of cyclic esters (lactones) is 2. The molecule has 0 bridgehead atoms.